The third-order valence-corrected chi connectivity index (χ3v) is 3.03. The summed E-state index contributed by atoms with van der Waals surface area (Å²) in [5, 5.41) is 9.26. The van der Waals surface area contributed by atoms with Crippen molar-refractivity contribution in [3.05, 3.63) is 64.7 Å². The molecule has 0 unspecified atom stereocenters. The average Bonchev–Trinajstić information content (AvgIpc) is 2.45. The van der Waals surface area contributed by atoms with Crippen LogP contribution in [0.2, 0.25) is 0 Å². The highest BCUT2D eigenvalue weighted by molar-refractivity contribution is 5.36. The molecule has 0 fully saturated rings. The number of halogens is 3. The van der Waals surface area contributed by atoms with E-state index in [2.05, 4.69) is 0 Å². The van der Waals surface area contributed by atoms with E-state index in [1.165, 1.54) is 6.07 Å². The maximum Gasteiger partial charge on any atom is 0.416 e. The number of alkyl halides is 3. The topological polar surface area (TPSA) is 29.5 Å². The summed E-state index contributed by atoms with van der Waals surface area (Å²) in [6, 6.07) is 10.3. The Kier molecular flexibility index (Phi) is 4.53. The Morgan fingerprint density at radius 2 is 1.86 bits per heavy atom. The molecule has 0 atom stereocenters. The lowest BCUT2D eigenvalue weighted by atomic mass is 10.1. The molecular formula is C16H15F3O2. The highest BCUT2D eigenvalue weighted by Crippen LogP contribution is 2.30. The van der Waals surface area contributed by atoms with Crippen molar-refractivity contribution in [1.29, 1.82) is 0 Å². The highest BCUT2D eigenvalue weighted by atomic mass is 19.4. The molecule has 0 saturated heterocycles. The monoisotopic (exact) mass is 296 g/mol. The van der Waals surface area contributed by atoms with E-state index in [0.29, 0.717) is 16.9 Å². The van der Waals surface area contributed by atoms with Crippen LogP contribution in [-0.4, -0.2) is 5.11 Å². The summed E-state index contributed by atoms with van der Waals surface area (Å²) in [5.74, 6) is 0.473. The number of ether oxygens (including phenoxy) is 1. The summed E-state index contributed by atoms with van der Waals surface area (Å²) in [6.45, 7) is 1.72. The van der Waals surface area contributed by atoms with Gasteiger partial charge in [-0.15, -0.1) is 0 Å². The van der Waals surface area contributed by atoms with Crippen LogP contribution in [0.4, 0.5) is 13.2 Å². The van der Waals surface area contributed by atoms with Gasteiger partial charge in [0.05, 0.1) is 12.2 Å². The molecule has 0 aromatic heterocycles. The van der Waals surface area contributed by atoms with E-state index in [-0.39, 0.29) is 13.2 Å². The van der Waals surface area contributed by atoms with Crippen molar-refractivity contribution in [3.8, 4) is 5.75 Å². The van der Waals surface area contributed by atoms with Gasteiger partial charge in [-0.2, -0.15) is 13.2 Å². The molecule has 0 amide bonds. The van der Waals surface area contributed by atoms with Crippen molar-refractivity contribution in [2.24, 2.45) is 0 Å². The van der Waals surface area contributed by atoms with Crippen LogP contribution in [-0.2, 0) is 19.4 Å². The molecule has 0 saturated carbocycles. The van der Waals surface area contributed by atoms with Crippen molar-refractivity contribution in [2.75, 3.05) is 0 Å². The molecule has 2 nitrogen and oxygen atoms in total. The first-order valence-electron chi connectivity index (χ1n) is 6.39. The molecule has 112 valence electrons. The van der Waals surface area contributed by atoms with Gasteiger partial charge in [0, 0.05) is 5.56 Å². The maximum absolute atomic E-state index is 12.6. The lowest BCUT2D eigenvalue weighted by molar-refractivity contribution is -0.137. The van der Waals surface area contributed by atoms with Gasteiger partial charge in [-0.25, -0.2) is 0 Å². The van der Waals surface area contributed by atoms with Crippen molar-refractivity contribution in [3.63, 3.8) is 0 Å². The summed E-state index contributed by atoms with van der Waals surface area (Å²) in [4.78, 5) is 0. The van der Waals surface area contributed by atoms with E-state index in [1.54, 1.807) is 18.2 Å². The number of benzene rings is 2. The van der Waals surface area contributed by atoms with Gasteiger partial charge in [0.25, 0.3) is 0 Å². The molecule has 0 bridgehead atoms. The second-order valence-corrected chi connectivity index (χ2v) is 4.76. The highest BCUT2D eigenvalue weighted by Gasteiger charge is 2.30. The molecule has 0 aliphatic heterocycles. The Morgan fingerprint density at radius 3 is 2.52 bits per heavy atom. The normalized spacial score (nSPS) is 11.5. The molecular weight excluding hydrogens is 281 g/mol. The Labute approximate surface area is 120 Å². The lowest BCUT2D eigenvalue weighted by Crippen LogP contribution is -2.06. The van der Waals surface area contributed by atoms with Gasteiger partial charge < -0.3 is 9.84 Å². The fourth-order valence-corrected chi connectivity index (χ4v) is 1.97. The summed E-state index contributed by atoms with van der Waals surface area (Å²) in [5.41, 5.74) is 1.32. The first kappa shape index (κ1) is 15.4. The smallest absolute Gasteiger partial charge is 0.416 e. The van der Waals surface area contributed by atoms with Gasteiger partial charge in [0.1, 0.15) is 12.4 Å². The quantitative estimate of drug-likeness (QED) is 0.921. The molecule has 2 rings (SSSR count). The first-order valence-corrected chi connectivity index (χ1v) is 6.39. The van der Waals surface area contributed by atoms with Crippen LogP contribution >= 0.6 is 0 Å². The van der Waals surface area contributed by atoms with Gasteiger partial charge in [0.2, 0.25) is 0 Å². The van der Waals surface area contributed by atoms with Crippen molar-refractivity contribution in [2.45, 2.75) is 26.3 Å². The van der Waals surface area contributed by atoms with Crippen LogP contribution in [0.15, 0.2) is 42.5 Å². The van der Waals surface area contributed by atoms with Crippen LogP contribution in [0.1, 0.15) is 22.3 Å². The number of aliphatic hydroxyl groups is 1. The molecule has 0 radical (unpaired) electrons. The van der Waals surface area contributed by atoms with Crippen LogP contribution < -0.4 is 4.74 Å². The molecule has 0 aliphatic rings. The largest absolute Gasteiger partial charge is 0.489 e. The lowest BCUT2D eigenvalue weighted by Gasteiger charge is -2.12. The van der Waals surface area contributed by atoms with Gasteiger partial charge in [-0.05, 0) is 30.7 Å². The SMILES string of the molecule is Cc1ccc(OCc2cccc(C(F)(F)F)c2)c(CO)c1. The van der Waals surface area contributed by atoms with Crippen molar-refractivity contribution in [1.82, 2.24) is 0 Å². The van der Waals surface area contributed by atoms with E-state index in [1.807, 2.05) is 13.0 Å². The van der Waals surface area contributed by atoms with E-state index < -0.39 is 11.7 Å². The van der Waals surface area contributed by atoms with Crippen molar-refractivity contribution >= 4 is 0 Å². The third kappa shape index (κ3) is 3.98. The number of hydrogen-bond donors (Lipinski definition) is 1. The van der Waals surface area contributed by atoms with Gasteiger partial charge in [-0.1, -0.05) is 29.8 Å². The average molecular weight is 296 g/mol. The minimum atomic E-state index is -4.36. The minimum absolute atomic E-state index is 0.0139. The van der Waals surface area contributed by atoms with E-state index in [0.717, 1.165) is 17.7 Å². The zero-order chi connectivity index (χ0) is 15.5. The molecule has 2 aromatic carbocycles. The van der Waals surface area contributed by atoms with E-state index in [4.69, 9.17) is 4.74 Å². The number of hydrogen-bond acceptors (Lipinski definition) is 2. The second-order valence-electron chi connectivity index (χ2n) is 4.76. The Bertz CT molecular complexity index is 621. The van der Waals surface area contributed by atoms with Gasteiger partial charge in [0.15, 0.2) is 0 Å². The summed E-state index contributed by atoms with van der Waals surface area (Å²) in [7, 11) is 0. The van der Waals surface area contributed by atoms with Crippen LogP contribution in [0, 0.1) is 6.92 Å². The zero-order valence-corrected chi connectivity index (χ0v) is 11.4. The number of aliphatic hydroxyl groups excluding tert-OH is 1. The second kappa shape index (κ2) is 6.18. The van der Waals surface area contributed by atoms with Crippen LogP contribution in [0.3, 0.4) is 0 Å². The Balaban J connectivity index is 2.13. The maximum atomic E-state index is 12.6. The van der Waals surface area contributed by atoms with Crippen LogP contribution in [0.25, 0.3) is 0 Å². The molecule has 21 heavy (non-hydrogen) atoms. The third-order valence-electron chi connectivity index (χ3n) is 3.03. The number of rotatable bonds is 4. The van der Waals surface area contributed by atoms with Crippen molar-refractivity contribution < 1.29 is 23.0 Å². The molecule has 0 heterocycles. The predicted molar refractivity (Wildman–Crippen MR) is 72.9 cm³/mol. The molecule has 2 aromatic rings. The molecule has 0 spiro atoms. The summed E-state index contributed by atoms with van der Waals surface area (Å²) >= 11 is 0. The summed E-state index contributed by atoms with van der Waals surface area (Å²) < 4.78 is 43.4. The standard InChI is InChI=1S/C16H15F3O2/c1-11-5-6-15(13(7-11)9-20)21-10-12-3-2-4-14(8-12)16(17,18)19/h2-8,20H,9-10H2,1H3. The Morgan fingerprint density at radius 1 is 1.10 bits per heavy atom. The first-order chi connectivity index (χ1) is 9.90. The molecule has 1 N–H and O–H groups in total. The van der Waals surface area contributed by atoms with Gasteiger partial charge >= 0.3 is 6.18 Å². The Hall–Kier alpha value is -2.01. The fourth-order valence-electron chi connectivity index (χ4n) is 1.97. The van der Waals surface area contributed by atoms with E-state index >= 15 is 0 Å². The zero-order valence-electron chi connectivity index (χ0n) is 11.4. The molecule has 5 heteroatoms. The minimum Gasteiger partial charge on any atom is -0.489 e. The predicted octanol–water partition coefficient (Wildman–Crippen LogP) is 4.09. The molecule has 0 aliphatic carbocycles. The van der Waals surface area contributed by atoms with Crippen LogP contribution in [0.5, 0.6) is 5.75 Å². The summed E-state index contributed by atoms with van der Waals surface area (Å²) in [6.07, 6.45) is -4.36. The fraction of sp³-hybridized carbons (Fsp3) is 0.250. The van der Waals surface area contributed by atoms with Gasteiger partial charge in [-0.3, -0.25) is 0 Å². The van der Waals surface area contributed by atoms with E-state index in [9.17, 15) is 18.3 Å². The number of aryl methyl sites for hydroxylation is 1.